The van der Waals surface area contributed by atoms with Crippen LogP contribution in [0.15, 0.2) is 103 Å². The third-order valence-corrected chi connectivity index (χ3v) is 4.73. The predicted octanol–water partition coefficient (Wildman–Crippen LogP) is 5.50. The number of hydrogen-bond acceptors (Lipinski definition) is 3. The van der Waals surface area contributed by atoms with Gasteiger partial charge in [0.25, 0.3) is 0 Å². The molecule has 0 atom stereocenters. The molecule has 3 rings (SSSR count). The second-order valence-corrected chi connectivity index (χ2v) is 6.90. The summed E-state index contributed by atoms with van der Waals surface area (Å²) in [6.45, 7) is 5.97. The van der Waals surface area contributed by atoms with Crippen LogP contribution >= 0.6 is 0 Å². The third-order valence-electron chi connectivity index (χ3n) is 4.73. The van der Waals surface area contributed by atoms with Gasteiger partial charge in [-0.05, 0) is 23.6 Å². The summed E-state index contributed by atoms with van der Waals surface area (Å²) in [6, 6.07) is 30.6. The molecule has 0 saturated carbocycles. The maximum atomic E-state index is 11.6. The van der Waals surface area contributed by atoms with Crippen LogP contribution in [-0.4, -0.2) is 19.2 Å². The number of benzene rings is 3. The third kappa shape index (κ3) is 4.82. The highest BCUT2D eigenvalue weighted by atomic mass is 16.5. The number of hydrogen-bond donors (Lipinski definition) is 0. The van der Waals surface area contributed by atoms with Gasteiger partial charge in [0.05, 0.1) is 13.2 Å². The van der Waals surface area contributed by atoms with Gasteiger partial charge in [-0.1, -0.05) is 97.6 Å². The van der Waals surface area contributed by atoms with Crippen molar-refractivity contribution in [2.75, 3.05) is 13.2 Å². The first-order valence-corrected chi connectivity index (χ1v) is 9.78. The summed E-state index contributed by atoms with van der Waals surface area (Å²) in [7, 11) is 0. The predicted molar refractivity (Wildman–Crippen MR) is 116 cm³/mol. The highest BCUT2D eigenvalue weighted by Crippen LogP contribution is 2.40. The van der Waals surface area contributed by atoms with Crippen molar-refractivity contribution in [2.24, 2.45) is 0 Å². The second kappa shape index (κ2) is 9.85. The highest BCUT2D eigenvalue weighted by molar-refractivity contribution is 5.86. The Kier molecular flexibility index (Phi) is 6.99. The Labute approximate surface area is 172 Å². The van der Waals surface area contributed by atoms with E-state index in [4.69, 9.17) is 9.47 Å². The lowest BCUT2D eigenvalue weighted by atomic mass is 9.80. The van der Waals surface area contributed by atoms with Crippen LogP contribution in [0.1, 0.15) is 30.0 Å². The first kappa shape index (κ1) is 20.6. The smallest absolute Gasteiger partial charge is 0.333 e. The van der Waals surface area contributed by atoms with E-state index in [0.29, 0.717) is 25.2 Å². The molecule has 0 saturated heterocycles. The molecule has 0 amide bonds. The zero-order valence-corrected chi connectivity index (χ0v) is 16.7. The molecular formula is C26H26O3. The average molecular weight is 386 g/mol. The molecule has 0 aromatic heterocycles. The maximum absolute atomic E-state index is 11.6. The lowest BCUT2D eigenvalue weighted by Gasteiger charge is -2.36. The van der Waals surface area contributed by atoms with Gasteiger partial charge in [0, 0.05) is 12.0 Å². The van der Waals surface area contributed by atoms with E-state index in [9.17, 15) is 4.79 Å². The monoisotopic (exact) mass is 386 g/mol. The first-order chi connectivity index (χ1) is 14.1. The fourth-order valence-corrected chi connectivity index (χ4v) is 3.34. The summed E-state index contributed by atoms with van der Waals surface area (Å²) in [4.78, 5) is 11.6. The molecule has 3 aromatic carbocycles. The minimum Gasteiger partial charge on any atom is -0.462 e. The van der Waals surface area contributed by atoms with Crippen LogP contribution < -0.4 is 0 Å². The van der Waals surface area contributed by atoms with Gasteiger partial charge in [-0.15, -0.1) is 0 Å². The zero-order valence-electron chi connectivity index (χ0n) is 16.7. The number of carbonyl (C=O) groups is 1. The standard InChI is InChI=1S/C26H26O3/c1-21(2)25(27)28-19-12-20-29-26(22-13-6-3-7-14-22,23-15-8-4-9-16-23)24-17-10-5-11-18-24/h3-11,13-18H,1,12,19-20H2,2H3. The summed E-state index contributed by atoms with van der Waals surface area (Å²) in [5.74, 6) is -0.370. The van der Waals surface area contributed by atoms with Crippen molar-refractivity contribution in [2.45, 2.75) is 18.9 Å². The summed E-state index contributed by atoms with van der Waals surface area (Å²) in [5, 5.41) is 0. The second-order valence-electron chi connectivity index (χ2n) is 6.90. The maximum Gasteiger partial charge on any atom is 0.333 e. The fourth-order valence-electron chi connectivity index (χ4n) is 3.34. The van der Waals surface area contributed by atoms with Crippen molar-refractivity contribution in [3.8, 4) is 0 Å². The van der Waals surface area contributed by atoms with E-state index >= 15 is 0 Å². The van der Waals surface area contributed by atoms with Gasteiger partial charge in [-0.3, -0.25) is 0 Å². The molecule has 29 heavy (non-hydrogen) atoms. The van der Waals surface area contributed by atoms with Crippen molar-refractivity contribution in [1.82, 2.24) is 0 Å². The number of carbonyl (C=O) groups excluding carboxylic acids is 1. The Morgan fingerprint density at radius 2 is 1.17 bits per heavy atom. The van der Waals surface area contributed by atoms with E-state index in [-0.39, 0.29) is 5.97 Å². The van der Waals surface area contributed by atoms with Crippen LogP contribution in [0.3, 0.4) is 0 Å². The molecule has 0 heterocycles. The van der Waals surface area contributed by atoms with E-state index in [1.54, 1.807) is 6.92 Å². The molecule has 0 bridgehead atoms. The summed E-state index contributed by atoms with van der Waals surface area (Å²) < 4.78 is 11.8. The van der Waals surface area contributed by atoms with Gasteiger partial charge >= 0.3 is 5.97 Å². The van der Waals surface area contributed by atoms with Gasteiger partial charge < -0.3 is 9.47 Å². The molecule has 0 aliphatic rings. The number of rotatable bonds is 9. The normalized spacial score (nSPS) is 11.1. The van der Waals surface area contributed by atoms with Crippen molar-refractivity contribution >= 4 is 5.97 Å². The van der Waals surface area contributed by atoms with Crippen molar-refractivity contribution in [3.63, 3.8) is 0 Å². The summed E-state index contributed by atoms with van der Waals surface area (Å²) in [6.07, 6.45) is 0.591. The molecule has 148 valence electrons. The van der Waals surface area contributed by atoms with Gasteiger partial charge in [0.1, 0.15) is 5.60 Å². The molecule has 3 nitrogen and oxygen atoms in total. The van der Waals surface area contributed by atoms with Crippen molar-refractivity contribution < 1.29 is 14.3 Å². The van der Waals surface area contributed by atoms with Crippen LogP contribution in [0.25, 0.3) is 0 Å². The lowest BCUT2D eigenvalue weighted by molar-refractivity contribution is -0.139. The Morgan fingerprint density at radius 1 is 0.759 bits per heavy atom. The molecular weight excluding hydrogens is 360 g/mol. The Hall–Kier alpha value is -3.17. The quantitative estimate of drug-likeness (QED) is 0.211. The number of ether oxygens (including phenoxy) is 2. The molecule has 0 N–H and O–H groups in total. The molecule has 0 aliphatic heterocycles. The molecule has 3 aromatic rings. The van der Waals surface area contributed by atoms with Gasteiger partial charge in [0.2, 0.25) is 0 Å². The summed E-state index contributed by atoms with van der Waals surface area (Å²) in [5.41, 5.74) is 2.81. The van der Waals surface area contributed by atoms with Gasteiger partial charge in [-0.25, -0.2) is 4.79 Å². The lowest BCUT2D eigenvalue weighted by Crippen LogP contribution is -2.33. The van der Waals surface area contributed by atoms with E-state index in [2.05, 4.69) is 43.0 Å². The van der Waals surface area contributed by atoms with Gasteiger partial charge in [0.15, 0.2) is 0 Å². The minimum atomic E-state index is -0.748. The van der Waals surface area contributed by atoms with Crippen LogP contribution in [0.5, 0.6) is 0 Å². The SMILES string of the molecule is C=C(C)C(=O)OCCCOC(c1ccccc1)(c1ccccc1)c1ccccc1. The molecule has 0 fully saturated rings. The van der Waals surface area contributed by atoms with Crippen LogP contribution in [0, 0.1) is 0 Å². The van der Waals surface area contributed by atoms with Crippen LogP contribution in [-0.2, 0) is 19.9 Å². The molecule has 0 unspecified atom stereocenters. The first-order valence-electron chi connectivity index (χ1n) is 9.78. The van der Waals surface area contributed by atoms with E-state index in [1.165, 1.54) is 0 Å². The summed E-state index contributed by atoms with van der Waals surface area (Å²) >= 11 is 0. The Balaban J connectivity index is 1.93. The van der Waals surface area contributed by atoms with Crippen LogP contribution in [0.2, 0.25) is 0 Å². The Morgan fingerprint density at radius 3 is 1.55 bits per heavy atom. The van der Waals surface area contributed by atoms with E-state index in [1.807, 2.05) is 54.6 Å². The number of esters is 1. The Bertz CT molecular complexity index is 821. The van der Waals surface area contributed by atoms with Crippen LogP contribution in [0.4, 0.5) is 0 Å². The fraction of sp³-hybridized carbons (Fsp3) is 0.192. The average Bonchev–Trinajstić information content (AvgIpc) is 2.78. The molecule has 0 spiro atoms. The highest BCUT2D eigenvalue weighted by Gasteiger charge is 2.37. The zero-order chi connectivity index (χ0) is 20.5. The molecule has 0 radical (unpaired) electrons. The largest absolute Gasteiger partial charge is 0.462 e. The molecule has 3 heteroatoms. The van der Waals surface area contributed by atoms with Gasteiger partial charge in [-0.2, -0.15) is 0 Å². The topological polar surface area (TPSA) is 35.5 Å². The van der Waals surface area contributed by atoms with Crippen molar-refractivity contribution in [1.29, 1.82) is 0 Å². The van der Waals surface area contributed by atoms with E-state index in [0.717, 1.165) is 16.7 Å². The molecule has 0 aliphatic carbocycles. The minimum absolute atomic E-state index is 0.292. The van der Waals surface area contributed by atoms with E-state index < -0.39 is 5.60 Å². The van der Waals surface area contributed by atoms with Crippen molar-refractivity contribution in [3.05, 3.63) is 120 Å².